The molecule has 0 amide bonds. The van der Waals surface area contributed by atoms with E-state index in [2.05, 4.69) is 17.8 Å². The molecular weight excluding hydrogens is 236 g/mol. The quantitative estimate of drug-likeness (QED) is 0.371. The SMILES string of the molecule is C=NCC/C=C/COc1ccc2cc(N)ccc2c1. The summed E-state index contributed by atoms with van der Waals surface area (Å²) in [6.07, 6.45) is 4.96. The summed E-state index contributed by atoms with van der Waals surface area (Å²) in [5, 5.41) is 2.26. The van der Waals surface area contributed by atoms with Crippen molar-refractivity contribution >= 4 is 23.2 Å². The minimum atomic E-state index is 0.567. The van der Waals surface area contributed by atoms with Crippen LogP contribution in [0.4, 0.5) is 5.69 Å². The van der Waals surface area contributed by atoms with E-state index in [9.17, 15) is 0 Å². The Morgan fingerprint density at radius 3 is 2.74 bits per heavy atom. The third-order valence-electron chi connectivity index (χ3n) is 2.80. The molecule has 2 aromatic carbocycles. The summed E-state index contributed by atoms with van der Waals surface area (Å²) in [7, 11) is 0. The van der Waals surface area contributed by atoms with Crippen LogP contribution < -0.4 is 10.5 Å². The molecule has 2 aromatic rings. The van der Waals surface area contributed by atoms with Crippen molar-refractivity contribution in [3.05, 3.63) is 48.6 Å². The zero-order chi connectivity index (χ0) is 13.5. The van der Waals surface area contributed by atoms with Gasteiger partial charge < -0.3 is 15.5 Å². The fourth-order valence-corrected chi connectivity index (χ4v) is 1.83. The van der Waals surface area contributed by atoms with E-state index in [-0.39, 0.29) is 0 Å². The normalized spacial score (nSPS) is 10.9. The van der Waals surface area contributed by atoms with E-state index in [4.69, 9.17) is 10.5 Å². The van der Waals surface area contributed by atoms with E-state index in [0.717, 1.165) is 35.2 Å². The molecule has 0 aliphatic heterocycles. The average Bonchev–Trinajstić information content (AvgIpc) is 2.43. The highest BCUT2D eigenvalue weighted by molar-refractivity contribution is 5.86. The predicted molar refractivity (Wildman–Crippen MR) is 82.0 cm³/mol. The van der Waals surface area contributed by atoms with Gasteiger partial charge in [-0.05, 0) is 48.2 Å². The van der Waals surface area contributed by atoms with Gasteiger partial charge in [0.15, 0.2) is 0 Å². The summed E-state index contributed by atoms with van der Waals surface area (Å²) < 4.78 is 5.66. The lowest BCUT2D eigenvalue weighted by molar-refractivity contribution is 0.363. The second-order valence-corrected chi connectivity index (χ2v) is 4.29. The van der Waals surface area contributed by atoms with Gasteiger partial charge in [-0.1, -0.05) is 24.3 Å². The summed E-state index contributed by atoms with van der Waals surface area (Å²) in [6.45, 7) is 4.76. The zero-order valence-corrected chi connectivity index (χ0v) is 10.9. The number of nitrogens with two attached hydrogens (primary N) is 1. The zero-order valence-electron chi connectivity index (χ0n) is 10.9. The number of rotatable bonds is 6. The molecule has 3 heteroatoms. The third-order valence-corrected chi connectivity index (χ3v) is 2.80. The van der Waals surface area contributed by atoms with Gasteiger partial charge in [0, 0.05) is 12.2 Å². The lowest BCUT2D eigenvalue weighted by atomic mass is 10.1. The summed E-state index contributed by atoms with van der Waals surface area (Å²) in [4.78, 5) is 3.78. The van der Waals surface area contributed by atoms with Gasteiger partial charge in [-0.2, -0.15) is 0 Å². The van der Waals surface area contributed by atoms with Crippen LogP contribution >= 0.6 is 0 Å². The number of fused-ring (bicyclic) bond motifs is 1. The molecule has 2 N–H and O–H groups in total. The maximum Gasteiger partial charge on any atom is 0.120 e. The maximum absolute atomic E-state index is 5.75. The van der Waals surface area contributed by atoms with Gasteiger partial charge in [-0.3, -0.25) is 0 Å². The first-order valence-corrected chi connectivity index (χ1v) is 6.29. The Morgan fingerprint density at radius 1 is 1.11 bits per heavy atom. The number of benzene rings is 2. The Balaban J connectivity index is 1.96. The second kappa shape index (κ2) is 6.59. The standard InChI is InChI=1S/C16H18N2O/c1-18-9-3-2-4-10-19-16-8-6-13-11-15(17)7-5-14(13)12-16/h2,4-8,11-12H,1,3,9-10,17H2/b4-2+. The highest BCUT2D eigenvalue weighted by Crippen LogP contribution is 2.22. The van der Waals surface area contributed by atoms with E-state index in [1.165, 1.54) is 0 Å². The van der Waals surface area contributed by atoms with Gasteiger partial charge in [0.2, 0.25) is 0 Å². The number of ether oxygens (including phenoxy) is 1. The van der Waals surface area contributed by atoms with Crippen LogP contribution in [0.5, 0.6) is 5.75 Å². The maximum atomic E-state index is 5.75. The molecule has 19 heavy (non-hydrogen) atoms. The number of nitrogen functional groups attached to an aromatic ring is 1. The molecule has 0 aromatic heterocycles. The van der Waals surface area contributed by atoms with Crippen LogP contribution in [-0.4, -0.2) is 19.9 Å². The fraction of sp³-hybridized carbons (Fsp3) is 0.188. The molecule has 0 atom stereocenters. The van der Waals surface area contributed by atoms with Gasteiger partial charge in [0.1, 0.15) is 12.4 Å². The molecule has 0 bridgehead atoms. The number of nitrogens with zero attached hydrogens (tertiary/aromatic N) is 1. The molecule has 0 heterocycles. The number of hydrogen-bond donors (Lipinski definition) is 1. The summed E-state index contributed by atoms with van der Waals surface area (Å²) in [5.74, 6) is 0.865. The molecule has 0 spiro atoms. The molecule has 0 fully saturated rings. The van der Waals surface area contributed by atoms with Crippen molar-refractivity contribution in [3.8, 4) is 5.75 Å². The van der Waals surface area contributed by atoms with E-state index in [1.807, 2.05) is 42.5 Å². The Hall–Kier alpha value is -2.29. The molecule has 2 rings (SSSR count). The lowest BCUT2D eigenvalue weighted by Crippen LogP contribution is -1.93. The number of hydrogen-bond acceptors (Lipinski definition) is 3. The largest absolute Gasteiger partial charge is 0.490 e. The Morgan fingerprint density at radius 2 is 1.89 bits per heavy atom. The molecule has 0 aliphatic carbocycles. The first kappa shape index (κ1) is 13.1. The second-order valence-electron chi connectivity index (χ2n) is 4.29. The van der Waals surface area contributed by atoms with Gasteiger partial charge in [0.25, 0.3) is 0 Å². The van der Waals surface area contributed by atoms with Crippen LogP contribution in [0.3, 0.4) is 0 Å². The van der Waals surface area contributed by atoms with Gasteiger partial charge in [-0.25, -0.2) is 0 Å². The van der Waals surface area contributed by atoms with Gasteiger partial charge in [0.05, 0.1) is 0 Å². The average molecular weight is 254 g/mol. The lowest BCUT2D eigenvalue weighted by Gasteiger charge is -2.05. The highest BCUT2D eigenvalue weighted by Gasteiger charge is 1.97. The fourth-order valence-electron chi connectivity index (χ4n) is 1.83. The summed E-state index contributed by atoms with van der Waals surface area (Å²) >= 11 is 0. The highest BCUT2D eigenvalue weighted by atomic mass is 16.5. The number of anilines is 1. The van der Waals surface area contributed by atoms with Crippen molar-refractivity contribution in [3.63, 3.8) is 0 Å². The minimum Gasteiger partial charge on any atom is -0.490 e. The Labute approximate surface area is 113 Å². The van der Waals surface area contributed by atoms with E-state index in [0.29, 0.717) is 6.61 Å². The smallest absolute Gasteiger partial charge is 0.120 e. The van der Waals surface area contributed by atoms with E-state index in [1.54, 1.807) is 0 Å². The van der Waals surface area contributed by atoms with Crippen LogP contribution in [0.2, 0.25) is 0 Å². The molecule has 0 aliphatic rings. The van der Waals surface area contributed by atoms with Crippen molar-refractivity contribution in [2.45, 2.75) is 6.42 Å². The Bertz CT molecular complexity index is 590. The molecular formula is C16H18N2O. The molecule has 0 saturated heterocycles. The van der Waals surface area contributed by atoms with Crippen molar-refractivity contribution in [2.75, 3.05) is 18.9 Å². The monoisotopic (exact) mass is 254 g/mol. The molecule has 0 unspecified atom stereocenters. The van der Waals surface area contributed by atoms with Crippen molar-refractivity contribution in [1.82, 2.24) is 0 Å². The topological polar surface area (TPSA) is 47.6 Å². The van der Waals surface area contributed by atoms with Crippen molar-refractivity contribution in [2.24, 2.45) is 4.99 Å². The minimum absolute atomic E-state index is 0.567. The van der Waals surface area contributed by atoms with Gasteiger partial charge in [-0.15, -0.1) is 0 Å². The molecule has 0 radical (unpaired) electrons. The third kappa shape index (κ3) is 3.85. The van der Waals surface area contributed by atoms with Gasteiger partial charge >= 0.3 is 0 Å². The van der Waals surface area contributed by atoms with Crippen LogP contribution in [0.1, 0.15) is 6.42 Å². The van der Waals surface area contributed by atoms with Crippen LogP contribution in [0.15, 0.2) is 53.5 Å². The molecule has 98 valence electrons. The molecule has 3 nitrogen and oxygen atoms in total. The van der Waals surface area contributed by atoms with Crippen LogP contribution in [-0.2, 0) is 0 Å². The number of aliphatic imine (C=N–C) groups is 1. The first-order chi connectivity index (χ1) is 9.29. The molecule has 0 saturated carbocycles. The van der Waals surface area contributed by atoms with Crippen LogP contribution in [0, 0.1) is 0 Å². The Kier molecular flexibility index (Phi) is 4.56. The first-order valence-electron chi connectivity index (χ1n) is 6.29. The van der Waals surface area contributed by atoms with Crippen molar-refractivity contribution < 1.29 is 4.74 Å². The summed E-state index contributed by atoms with van der Waals surface area (Å²) in [5.41, 5.74) is 6.53. The van der Waals surface area contributed by atoms with Crippen LogP contribution in [0.25, 0.3) is 10.8 Å². The predicted octanol–water partition coefficient (Wildman–Crippen LogP) is 3.45. The summed E-state index contributed by atoms with van der Waals surface area (Å²) in [6, 6.07) is 11.9. The van der Waals surface area contributed by atoms with E-state index >= 15 is 0 Å². The van der Waals surface area contributed by atoms with Crippen molar-refractivity contribution in [1.29, 1.82) is 0 Å². The van der Waals surface area contributed by atoms with E-state index < -0.39 is 0 Å².